The molecule has 0 saturated heterocycles. The molecular formula is C14H23NO. The van der Waals surface area contributed by atoms with Crippen molar-refractivity contribution >= 4 is 0 Å². The van der Waals surface area contributed by atoms with Gasteiger partial charge in [-0.2, -0.15) is 0 Å². The third-order valence-corrected chi connectivity index (χ3v) is 3.01. The predicted octanol–water partition coefficient (Wildman–Crippen LogP) is 2.89. The molecule has 1 N–H and O–H groups in total. The molecule has 0 aliphatic rings. The zero-order valence-corrected chi connectivity index (χ0v) is 11.1. The average Bonchev–Trinajstić information content (AvgIpc) is 2.27. The lowest BCUT2D eigenvalue weighted by Crippen LogP contribution is -2.32. The van der Waals surface area contributed by atoms with Gasteiger partial charge in [0, 0.05) is 12.0 Å². The molecule has 2 nitrogen and oxygen atoms in total. The molecule has 2 heteroatoms. The topological polar surface area (TPSA) is 21.3 Å². The Labute approximate surface area is 99.0 Å². The third kappa shape index (κ3) is 2.99. The highest BCUT2D eigenvalue weighted by molar-refractivity contribution is 5.39. The zero-order chi connectivity index (χ0) is 12.2. The Morgan fingerprint density at radius 1 is 1.31 bits per heavy atom. The fraction of sp³-hybridized carbons (Fsp3) is 0.571. The third-order valence-electron chi connectivity index (χ3n) is 3.01. The standard InChI is InChI=1S/C14H23NO/c1-6-15-10-14(3,4)12-8-7-11(2)13(9-12)16-5/h7-9,15H,6,10H2,1-5H3. The number of likely N-dealkylation sites (N-methyl/N-ethyl adjacent to an activating group) is 1. The summed E-state index contributed by atoms with van der Waals surface area (Å²) in [4.78, 5) is 0. The second-order valence-corrected chi connectivity index (χ2v) is 4.85. The van der Waals surface area contributed by atoms with Gasteiger partial charge in [0.2, 0.25) is 0 Å². The summed E-state index contributed by atoms with van der Waals surface area (Å²) in [6.07, 6.45) is 0. The zero-order valence-electron chi connectivity index (χ0n) is 11.1. The van der Waals surface area contributed by atoms with Crippen LogP contribution in [0.3, 0.4) is 0 Å². The monoisotopic (exact) mass is 221 g/mol. The minimum Gasteiger partial charge on any atom is -0.496 e. The summed E-state index contributed by atoms with van der Waals surface area (Å²) >= 11 is 0. The van der Waals surface area contributed by atoms with Crippen molar-refractivity contribution in [3.63, 3.8) is 0 Å². The second-order valence-electron chi connectivity index (χ2n) is 4.85. The van der Waals surface area contributed by atoms with E-state index < -0.39 is 0 Å². The van der Waals surface area contributed by atoms with Crippen molar-refractivity contribution in [2.24, 2.45) is 0 Å². The Bertz CT molecular complexity index is 345. The van der Waals surface area contributed by atoms with Crippen LogP contribution in [0.25, 0.3) is 0 Å². The lowest BCUT2D eigenvalue weighted by Gasteiger charge is -2.26. The van der Waals surface area contributed by atoms with Crippen LogP contribution in [0, 0.1) is 6.92 Å². The van der Waals surface area contributed by atoms with E-state index >= 15 is 0 Å². The molecule has 0 spiro atoms. The Hall–Kier alpha value is -1.02. The first kappa shape index (κ1) is 13.0. The predicted molar refractivity (Wildman–Crippen MR) is 69.3 cm³/mol. The van der Waals surface area contributed by atoms with Crippen molar-refractivity contribution in [3.8, 4) is 5.75 Å². The summed E-state index contributed by atoms with van der Waals surface area (Å²) < 4.78 is 5.36. The molecule has 0 unspecified atom stereocenters. The number of benzene rings is 1. The molecule has 0 atom stereocenters. The van der Waals surface area contributed by atoms with Gasteiger partial charge in [-0.05, 0) is 30.7 Å². The largest absolute Gasteiger partial charge is 0.496 e. The van der Waals surface area contributed by atoms with Gasteiger partial charge in [-0.25, -0.2) is 0 Å². The Balaban J connectivity index is 2.94. The fourth-order valence-corrected chi connectivity index (χ4v) is 1.78. The van der Waals surface area contributed by atoms with Crippen molar-refractivity contribution in [2.45, 2.75) is 33.1 Å². The van der Waals surface area contributed by atoms with Gasteiger partial charge in [-0.1, -0.05) is 32.9 Å². The molecule has 0 bridgehead atoms. The Morgan fingerprint density at radius 3 is 2.56 bits per heavy atom. The smallest absolute Gasteiger partial charge is 0.122 e. The van der Waals surface area contributed by atoms with E-state index in [1.165, 1.54) is 11.1 Å². The van der Waals surface area contributed by atoms with Crippen molar-refractivity contribution in [3.05, 3.63) is 29.3 Å². The van der Waals surface area contributed by atoms with Crippen LogP contribution in [-0.4, -0.2) is 20.2 Å². The number of aryl methyl sites for hydroxylation is 1. The van der Waals surface area contributed by atoms with Gasteiger partial charge < -0.3 is 10.1 Å². The van der Waals surface area contributed by atoms with Crippen LogP contribution in [-0.2, 0) is 5.41 Å². The molecule has 0 saturated carbocycles. The maximum Gasteiger partial charge on any atom is 0.122 e. The van der Waals surface area contributed by atoms with E-state index in [4.69, 9.17) is 4.74 Å². The maximum atomic E-state index is 5.36. The molecule has 0 fully saturated rings. The maximum absolute atomic E-state index is 5.36. The van der Waals surface area contributed by atoms with Gasteiger partial charge in [0.25, 0.3) is 0 Å². The number of hydrogen-bond acceptors (Lipinski definition) is 2. The number of methoxy groups -OCH3 is 1. The summed E-state index contributed by atoms with van der Waals surface area (Å²) in [7, 11) is 1.73. The van der Waals surface area contributed by atoms with Gasteiger partial charge in [0.05, 0.1) is 7.11 Å². The fourth-order valence-electron chi connectivity index (χ4n) is 1.78. The van der Waals surface area contributed by atoms with E-state index in [-0.39, 0.29) is 5.41 Å². The first-order chi connectivity index (χ1) is 7.51. The summed E-state index contributed by atoms with van der Waals surface area (Å²) in [6.45, 7) is 10.7. The first-order valence-electron chi connectivity index (χ1n) is 5.87. The van der Waals surface area contributed by atoms with E-state index in [1.807, 2.05) is 0 Å². The van der Waals surface area contributed by atoms with E-state index in [9.17, 15) is 0 Å². The van der Waals surface area contributed by atoms with Crippen molar-refractivity contribution < 1.29 is 4.74 Å². The summed E-state index contributed by atoms with van der Waals surface area (Å²) in [6, 6.07) is 6.46. The van der Waals surface area contributed by atoms with Crippen LogP contribution >= 0.6 is 0 Å². The highest BCUT2D eigenvalue weighted by Gasteiger charge is 2.20. The Kier molecular flexibility index (Phi) is 4.36. The van der Waals surface area contributed by atoms with Crippen molar-refractivity contribution in [2.75, 3.05) is 20.2 Å². The molecule has 1 aromatic carbocycles. The van der Waals surface area contributed by atoms with Gasteiger partial charge in [-0.15, -0.1) is 0 Å². The van der Waals surface area contributed by atoms with Gasteiger partial charge in [0.15, 0.2) is 0 Å². The van der Waals surface area contributed by atoms with Gasteiger partial charge in [0.1, 0.15) is 5.75 Å². The van der Waals surface area contributed by atoms with E-state index in [2.05, 4.69) is 51.2 Å². The summed E-state index contributed by atoms with van der Waals surface area (Å²) in [5, 5.41) is 3.40. The normalized spacial score (nSPS) is 11.6. The van der Waals surface area contributed by atoms with Crippen LogP contribution < -0.4 is 10.1 Å². The molecule has 1 aromatic rings. The van der Waals surface area contributed by atoms with E-state index in [1.54, 1.807) is 7.11 Å². The molecule has 0 aromatic heterocycles. The van der Waals surface area contributed by atoms with Crippen LogP contribution in [0.15, 0.2) is 18.2 Å². The highest BCUT2D eigenvalue weighted by Crippen LogP contribution is 2.28. The molecule has 1 rings (SSSR count). The first-order valence-corrected chi connectivity index (χ1v) is 5.87. The van der Waals surface area contributed by atoms with Gasteiger partial charge >= 0.3 is 0 Å². The minimum atomic E-state index is 0.136. The Morgan fingerprint density at radius 2 is 2.00 bits per heavy atom. The summed E-state index contributed by atoms with van der Waals surface area (Å²) in [5.41, 5.74) is 2.64. The van der Waals surface area contributed by atoms with E-state index in [0.717, 1.165) is 18.8 Å². The van der Waals surface area contributed by atoms with E-state index in [0.29, 0.717) is 0 Å². The quantitative estimate of drug-likeness (QED) is 0.825. The van der Waals surface area contributed by atoms with Crippen LogP contribution in [0.4, 0.5) is 0 Å². The average molecular weight is 221 g/mol. The second kappa shape index (κ2) is 5.35. The van der Waals surface area contributed by atoms with Crippen molar-refractivity contribution in [1.82, 2.24) is 5.32 Å². The highest BCUT2D eigenvalue weighted by atomic mass is 16.5. The molecule has 0 heterocycles. The van der Waals surface area contributed by atoms with Crippen LogP contribution in [0.2, 0.25) is 0 Å². The molecule has 16 heavy (non-hydrogen) atoms. The van der Waals surface area contributed by atoms with Crippen molar-refractivity contribution in [1.29, 1.82) is 0 Å². The number of nitrogens with one attached hydrogen (secondary N) is 1. The lowest BCUT2D eigenvalue weighted by molar-refractivity contribution is 0.407. The van der Waals surface area contributed by atoms with Crippen LogP contribution in [0.1, 0.15) is 31.9 Å². The molecule has 0 aliphatic carbocycles. The van der Waals surface area contributed by atoms with Gasteiger partial charge in [-0.3, -0.25) is 0 Å². The SMILES string of the molecule is CCNCC(C)(C)c1ccc(C)c(OC)c1. The minimum absolute atomic E-state index is 0.136. The summed E-state index contributed by atoms with van der Waals surface area (Å²) in [5.74, 6) is 0.974. The lowest BCUT2D eigenvalue weighted by atomic mass is 9.84. The molecule has 90 valence electrons. The number of ether oxygens (including phenoxy) is 1. The van der Waals surface area contributed by atoms with Crippen LogP contribution in [0.5, 0.6) is 5.75 Å². The molecule has 0 amide bonds. The molecule has 0 aliphatic heterocycles. The molecular weight excluding hydrogens is 198 g/mol. The number of hydrogen-bond donors (Lipinski definition) is 1. The molecule has 0 radical (unpaired) electrons. The number of rotatable bonds is 5.